The fourth-order valence-corrected chi connectivity index (χ4v) is 4.56. The van der Waals surface area contributed by atoms with Crippen molar-refractivity contribution >= 4 is 28.5 Å². The summed E-state index contributed by atoms with van der Waals surface area (Å²) in [6.45, 7) is 3.76. The molecule has 0 aliphatic carbocycles. The molecule has 4 aromatic rings. The van der Waals surface area contributed by atoms with Gasteiger partial charge in [-0.2, -0.15) is 0 Å². The highest BCUT2D eigenvalue weighted by Crippen LogP contribution is 2.32. The van der Waals surface area contributed by atoms with Crippen LogP contribution in [0.2, 0.25) is 5.02 Å². The minimum atomic E-state index is -1.37. The van der Waals surface area contributed by atoms with Gasteiger partial charge in [0.05, 0.1) is 23.2 Å². The Morgan fingerprint density at radius 1 is 1.08 bits per heavy atom. The number of aromatic nitrogens is 1. The summed E-state index contributed by atoms with van der Waals surface area (Å²) in [6.07, 6.45) is 1.34. The molecule has 8 heteroatoms. The Labute approximate surface area is 218 Å². The van der Waals surface area contributed by atoms with Gasteiger partial charge in [-0.25, -0.2) is 9.18 Å². The normalized spacial score (nSPS) is 12.2. The third kappa shape index (κ3) is 5.53. The van der Waals surface area contributed by atoms with Gasteiger partial charge in [-0.3, -0.25) is 4.79 Å². The summed E-state index contributed by atoms with van der Waals surface area (Å²) in [4.78, 5) is 25.1. The van der Waals surface area contributed by atoms with E-state index in [0.717, 1.165) is 5.56 Å². The molecule has 4 rings (SSSR count). The first kappa shape index (κ1) is 26.4. The summed E-state index contributed by atoms with van der Waals surface area (Å²) in [7, 11) is 0. The lowest BCUT2D eigenvalue weighted by molar-refractivity contribution is 0.0694. The van der Waals surface area contributed by atoms with Crippen molar-refractivity contribution in [1.82, 2.24) is 4.57 Å². The van der Waals surface area contributed by atoms with Crippen molar-refractivity contribution in [2.24, 2.45) is 5.92 Å². The molecule has 0 spiro atoms. The molecule has 0 fully saturated rings. The van der Waals surface area contributed by atoms with E-state index in [1.807, 2.05) is 44.2 Å². The molecule has 2 N–H and O–H groups in total. The second-order valence-electron chi connectivity index (χ2n) is 9.22. The molecule has 1 atom stereocenters. The summed E-state index contributed by atoms with van der Waals surface area (Å²) >= 11 is 5.99. The summed E-state index contributed by atoms with van der Waals surface area (Å²) in [5, 5.41) is 19.9. The number of pyridine rings is 1. The number of nitrogens with zero attached hydrogens (tertiary/aromatic N) is 1. The number of carboxylic acid groups (broad SMARTS) is 1. The number of ether oxygens (including phenoxy) is 1. The van der Waals surface area contributed by atoms with Crippen LogP contribution in [-0.4, -0.2) is 27.4 Å². The number of carbonyl (C=O) groups is 1. The monoisotopic (exact) mass is 523 g/mol. The van der Waals surface area contributed by atoms with E-state index in [1.165, 1.54) is 12.3 Å². The molecule has 0 bridgehead atoms. The lowest BCUT2D eigenvalue weighted by Gasteiger charge is -2.25. The van der Waals surface area contributed by atoms with E-state index in [9.17, 15) is 24.2 Å². The highest BCUT2D eigenvalue weighted by Gasteiger charge is 2.23. The van der Waals surface area contributed by atoms with Crippen LogP contribution < -0.4 is 10.2 Å². The van der Waals surface area contributed by atoms with Crippen molar-refractivity contribution in [2.45, 2.75) is 32.9 Å². The van der Waals surface area contributed by atoms with Gasteiger partial charge in [-0.15, -0.1) is 0 Å². The molecule has 0 aliphatic heterocycles. The van der Waals surface area contributed by atoms with Gasteiger partial charge in [0.15, 0.2) is 0 Å². The summed E-state index contributed by atoms with van der Waals surface area (Å²) < 4.78 is 22.6. The van der Waals surface area contributed by atoms with E-state index in [0.29, 0.717) is 22.4 Å². The zero-order chi connectivity index (χ0) is 26.7. The van der Waals surface area contributed by atoms with Gasteiger partial charge in [0.25, 0.3) is 0 Å². The number of hydrogen-bond acceptors (Lipinski definition) is 4. The lowest BCUT2D eigenvalue weighted by Crippen LogP contribution is -2.25. The summed E-state index contributed by atoms with van der Waals surface area (Å²) in [6, 6.07) is 16.9. The minimum Gasteiger partial charge on any atom is -0.489 e. The lowest BCUT2D eigenvalue weighted by atomic mass is 9.98. The van der Waals surface area contributed by atoms with E-state index < -0.39 is 28.8 Å². The van der Waals surface area contributed by atoms with Crippen LogP contribution in [0.25, 0.3) is 10.9 Å². The number of fused-ring (bicyclic) bond motifs is 1. The molecule has 37 heavy (non-hydrogen) atoms. The maximum absolute atomic E-state index is 14.8. The molecule has 192 valence electrons. The van der Waals surface area contributed by atoms with Crippen LogP contribution in [0.4, 0.5) is 4.39 Å². The van der Waals surface area contributed by atoms with E-state index >= 15 is 0 Å². The molecule has 3 aromatic carbocycles. The Morgan fingerprint density at radius 2 is 1.81 bits per heavy atom. The van der Waals surface area contributed by atoms with Crippen molar-refractivity contribution in [3.05, 3.63) is 110 Å². The van der Waals surface area contributed by atoms with E-state index in [4.69, 9.17) is 16.3 Å². The topological polar surface area (TPSA) is 88.8 Å². The predicted octanol–water partition coefficient (Wildman–Crippen LogP) is 5.85. The predicted molar refractivity (Wildman–Crippen MR) is 141 cm³/mol. The number of hydrogen-bond donors (Lipinski definition) is 2. The number of aromatic carboxylic acids is 1. The minimum absolute atomic E-state index is 0.0247. The molecule has 0 unspecified atom stereocenters. The first-order valence-corrected chi connectivity index (χ1v) is 12.2. The number of benzene rings is 3. The quantitative estimate of drug-likeness (QED) is 0.287. The van der Waals surface area contributed by atoms with Gasteiger partial charge in [-0.05, 0) is 34.7 Å². The van der Waals surface area contributed by atoms with Gasteiger partial charge in [-0.1, -0.05) is 67.9 Å². The molecular weight excluding hydrogens is 497 g/mol. The first-order chi connectivity index (χ1) is 17.7. The number of aliphatic hydroxyl groups is 1. The maximum Gasteiger partial charge on any atom is 0.341 e. The molecule has 1 aromatic heterocycles. The molecular formula is C29H27ClFNO5. The average molecular weight is 524 g/mol. The van der Waals surface area contributed by atoms with Crippen LogP contribution >= 0.6 is 11.6 Å². The largest absolute Gasteiger partial charge is 0.489 e. The Bertz CT molecular complexity index is 1500. The van der Waals surface area contributed by atoms with Gasteiger partial charge in [0.2, 0.25) is 5.43 Å². The van der Waals surface area contributed by atoms with Crippen LogP contribution in [0.15, 0.2) is 71.7 Å². The van der Waals surface area contributed by atoms with Crippen molar-refractivity contribution in [3.63, 3.8) is 0 Å². The zero-order valence-electron chi connectivity index (χ0n) is 20.4. The highest BCUT2D eigenvalue weighted by atomic mass is 35.5. The van der Waals surface area contributed by atoms with E-state index in [1.54, 1.807) is 28.8 Å². The van der Waals surface area contributed by atoms with Gasteiger partial charge in [0.1, 0.15) is 23.7 Å². The molecule has 0 saturated heterocycles. The second-order valence-corrected chi connectivity index (χ2v) is 9.63. The van der Waals surface area contributed by atoms with Crippen molar-refractivity contribution in [3.8, 4) is 5.75 Å². The molecule has 0 saturated carbocycles. The maximum atomic E-state index is 14.8. The summed E-state index contributed by atoms with van der Waals surface area (Å²) in [5.74, 6) is -1.60. The highest BCUT2D eigenvalue weighted by molar-refractivity contribution is 6.30. The number of aliphatic hydroxyl groups excluding tert-OH is 1. The van der Waals surface area contributed by atoms with Crippen LogP contribution in [0.5, 0.6) is 5.75 Å². The molecule has 0 aliphatic rings. The Hall–Kier alpha value is -3.68. The second kappa shape index (κ2) is 11.2. The Morgan fingerprint density at radius 3 is 2.46 bits per heavy atom. The Kier molecular flexibility index (Phi) is 7.95. The van der Waals surface area contributed by atoms with E-state index in [2.05, 4.69) is 0 Å². The van der Waals surface area contributed by atoms with Gasteiger partial charge < -0.3 is 19.5 Å². The van der Waals surface area contributed by atoms with Crippen LogP contribution in [0, 0.1) is 11.7 Å². The average Bonchev–Trinajstić information content (AvgIpc) is 2.87. The van der Waals surface area contributed by atoms with Crippen molar-refractivity contribution in [1.29, 1.82) is 0 Å². The van der Waals surface area contributed by atoms with E-state index in [-0.39, 0.29) is 36.0 Å². The molecule has 0 amide bonds. The fraction of sp³-hybridized carbons (Fsp3) is 0.241. The SMILES string of the molecule is CC(C)[C@@H](CO)n1cc(C(=O)O)c(=O)c2cc(Cc3cccc(Cl)c3F)c(OCc3ccccc3)cc21. The fourth-order valence-electron chi connectivity index (χ4n) is 4.37. The van der Waals surface area contributed by atoms with Crippen molar-refractivity contribution in [2.75, 3.05) is 6.61 Å². The smallest absolute Gasteiger partial charge is 0.341 e. The number of carboxylic acids is 1. The third-order valence-electron chi connectivity index (χ3n) is 6.41. The zero-order valence-corrected chi connectivity index (χ0v) is 21.2. The standard InChI is InChI=1S/C29H27ClFNO5/c1-17(2)25(15-33)32-14-22(29(35)36)28(34)21-12-20(11-19-9-6-10-23(30)27(19)31)26(13-24(21)32)37-16-18-7-4-3-5-8-18/h3-10,12-14,17,25,33H,11,15-16H2,1-2H3,(H,35,36)/t25-/m1/s1. The van der Waals surface area contributed by atoms with Crippen molar-refractivity contribution < 1.29 is 24.1 Å². The van der Waals surface area contributed by atoms with Crippen LogP contribution in [0.1, 0.15) is 46.9 Å². The number of rotatable bonds is 9. The van der Waals surface area contributed by atoms with Crippen LogP contribution in [0.3, 0.4) is 0 Å². The van der Waals surface area contributed by atoms with Gasteiger partial charge in [0, 0.05) is 24.1 Å². The Balaban J connectivity index is 1.96. The third-order valence-corrected chi connectivity index (χ3v) is 6.70. The van der Waals surface area contributed by atoms with Gasteiger partial charge >= 0.3 is 5.97 Å². The van der Waals surface area contributed by atoms with Crippen LogP contribution in [-0.2, 0) is 13.0 Å². The number of halogens is 2. The molecule has 6 nitrogen and oxygen atoms in total. The molecule has 0 radical (unpaired) electrons. The summed E-state index contributed by atoms with van der Waals surface area (Å²) in [5.41, 5.74) is 1.06. The first-order valence-electron chi connectivity index (χ1n) is 11.9. The molecule has 1 heterocycles.